The van der Waals surface area contributed by atoms with Gasteiger partial charge < -0.3 is 5.32 Å². The molecule has 8 heteroatoms. The average Bonchev–Trinajstić information content (AvgIpc) is 3.46. The number of halogens is 2. The van der Waals surface area contributed by atoms with Crippen LogP contribution in [0.5, 0.6) is 0 Å². The largest absolute Gasteiger partial charge is 0.353 e. The van der Waals surface area contributed by atoms with Gasteiger partial charge in [0, 0.05) is 23.8 Å². The van der Waals surface area contributed by atoms with E-state index in [1.54, 1.807) is 17.8 Å². The van der Waals surface area contributed by atoms with Crippen LogP contribution in [-0.4, -0.2) is 32.5 Å². The highest BCUT2D eigenvalue weighted by Gasteiger charge is 2.22. The van der Waals surface area contributed by atoms with Gasteiger partial charge in [-0.1, -0.05) is 65.3 Å². The van der Waals surface area contributed by atoms with Gasteiger partial charge in [-0.2, -0.15) is 0 Å². The summed E-state index contributed by atoms with van der Waals surface area (Å²) in [4.78, 5) is 11.8. The molecule has 4 rings (SSSR count). The monoisotopic (exact) mass is 460 g/mol. The Labute approximate surface area is 190 Å². The fourth-order valence-electron chi connectivity index (χ4n) is 3.07. The van der Waals surface area contributed by atoms with E-state index in [-0.39, 0.29) is 5.91 Å². The van der Waals surface area contributed by atoms with E-state index in [4.69, 9.17) is 23.2 Å². The molecule has 0 aliphatic heterocycles. The maximum atomic E-state index is 11.8. The predicted octanol–water partition coefficient (Wildman–Crippen LogP) is 5.78. The highest BCUT2D eigenvalue weighted by atomic mass is 35.5. The van der Waals surface area contributed by atoms with Crippen molar-refractivity contribution in [3.8, 4) is 17.1 Å². The van der Waals surface area contributed by atoms with E-state index >= 15 is 0 Å². The lowest BCUT2D eigenvalue weighted by Gasteiger charge is -2.11. The molecule has 156 valence electrons. The quantitative estimate of drug-likeness (QED) is 0.324. The van der Waals surface area contributed by atoms with E-state index in [1.165, 1.54) is 0 Å². The van der Waals surface area contributed by atoms with E-state index in [2.05, 4.69) is 15.5 Å². The number of thioether (sulfide) groups is 1. The molecule has 5 nitrogen and oxygen atoms in total. The maximum absolute atomic E-state index is 11.8. The smallest absolute Gasteiger partial charge is 0.220 e. The lowest BCUT2D eigenvalue weighted by molar-refractivity contribution is -0.121. The van der Waals surface area contributed by atoms with Gasteiger partial charge in [0.25, 0.3) is 0 Å². The summed E-state index contributed by atoms with van der Waals surface area (Å²) in [5.41, 5.74) is 1.83. The Hall–Kier alpha value is -2.02. The molecule has 0 saturated heterocycles. The minimum absolute atomic E-state index is 0.160. The predicted molar refractivity (Wildman–Crippen MR) is 123 cm³/mol. The van der Waals surface area contributed by atoms with Crippen LogP contribution >= 0.6 is 35.0 Å². The van der Waals surface area contributed by atoms with Crippen molar-refractivity contribution in [2.45, 2.75) is 43.3 Å². The van der Waals surface area contributed by atoms with Crippen molar-refractivity contribution in [3.05, 3.63) is 58.6 Å². The number of unbranched alkanes of at least 4 members (excludes halogenated alkanes) is 1. The van der Waals surface area contributed by atoms with E-state index in [9.17, 15) is 4.79 Å². The molecule has 1 N–H and O–H groups in total. The van der Waals surface area contributed by atoms with Crippen molar-refractivity contribution in [3.63, 3.8) is 0 Å². The Kier molecular flexibility index (Phi) is 6.97. The molecule has 1 aromatic heterocycles. The molecule has 2 aromatic carbocycles. The molecule has 0 spiro atoms. The SMILES string of the molecule is O=C(CCCCSc1nnc(-c2ccccc2)n1-c1ccc(Cl)c(Cl)c1)NC1CC1. The fraction of sp³-hybridized carbons (Fsp3) is 0.318. The lowest BCUT2D eigenvalue weighted by Crippen LogP contribution is -2.24. The van der Waals surface area contributed by atoms with Crippen LogP contribution in [0.15, 0.2) is 53.7 Å². The minimum atomic E-state index is 0.160. The Bertz CT molecular complexity index is 1020. The molecule has 1 heterocycles. The first-order valence-corrected chi connectivity index (χ1v) is 11.7. The molecule has 1 aliphatic rings. The highest BCUT2D eigenvalue weighted by molar-refractivity contribution is 7.99. The highest BCUT2D eigenvalue weighted by Crippen LogP contribution is 2.31. The summed E-state index contributed by atoms with van der Waals surface area (Å²) in [6.45, 7) is 0. The Morgan fingerprint density at radius 2 is 1.87 bits per heavy atom. The van der Waals surface area contributed by atoms with Crippen molar-refractivity contribution >= 4 is 40.9 Å². The number of hydrogen-bond acceptors (Lipinski definition) is 4. The van der Waals surface area contributed by atoms with Gasteiger partial charge in [0.05, 0.1) is 15.7 Å². The molecule has 1 aliphatic carbocycles. The van der Waals surface area contributed by atoms with Gasteiger partial charge in [-0.3, -0.25) is 9.36 Å². The molecule has 0 radical (unpaired) electrons. The van der Waals surface area contributed by atoms with Crippen LogP contribution in [0.2, 0.25) is 10.0 Å². The van der Waals surface area contributed by atoms with Crippen LogP contribution < -0.4 is 5.32 Å². The number of amides is 1. The zero-order valence-corrected chi connectivity index (χ0v) is 18.7. The summed E-state index contributed by atoms with van der Waals surface area (Å²) in [5, 5.41) is 13.7. The van der Waals surface area contributed by atoms with E-state index in [0.717, 1.165) is 53.7 Å². The third-order valence-electron chi connectivity index (χ3n) is 4.80. The van der Waals surface area contributed by atoms with Gasteiger partial charge in [0.2, 0.25) is 5.91 Å². The van der Waals surface area contributed by atoms with Gasteiger partial charge >= 0.3 is 0 Å². The normalized spacial score (nSPS) is 13.4. The van der Waals surface area contributed by atoms with Crippen molar-refractivity contribution < 1.29 is 4.79 Å². The molecule has 0 atom stereocenters. The summed E-state index contributed by atoms with van der Waals surface area (Å²) in [6.07, 6.45) is 4.60. The van der Waals surface area contributed by atoms with Crippen molar-refractivity contribution in [2.75, 3.05) is 5.75 Å². The van der Waals surface area contributed by atoms with Crippen molar-refractivity contribution in [1.82, 2.24) is 20.1 Å². The molecule has 1 amide bonds. The standard InChI is InChI=1S/C22H22Cl2N4OS/c23-18-12-11-17(14-19(18)24)28-21(15-6-2-1-3-7-15)26-27-22(28)30-13-5-4-8-20(29)25-16-9-10-16/h1-3,6-7,11-12,14,16H,4-5,8-10,13H2,(H,25,29). The first-order valence-electron chi connectivity index (χ1n) is 10.0. The van der Waals surface area contributed by atoms with Crippen LogP contribution in [0.4, 0.5) is 0 Å². The minimum Gasteiger partial charge on any atom is -0.353 e. The number of carbonyl (C=O) groups excluding carboxylic acids is 1. The first kappa shape index (κ1) is 21.2. The summed E-state index contributed by atoms with van der Waals surface area (Å²) >= 11 is 14.0. The number of nitrogens with one attached hydrogen (secondary N) is 1. The molecule has 1 saturated carbocycles. The molecule has 3 aromatic rings. The molecule has 30 heavy (non-hydrogen) atoms. The lowest BCUT2D eigenvalue weighted by atomic mass is 10.2. The number of carbonyl (C=O) groups is 1. The third kappa shape index (κ3) is 5.36. The summed E-state index contributed by atoms with van der Waals surface area (Å²) < 4.78 is 2.00. The van der Waals surface area contributed by atoms with Crippen molar-refractivity contribution in [1.29, 1.82) is 0 Å². The van der Waals surface area contributed by atoms with Crippen LogP contribution in [0.1, 0.15) is 32.1 Å². The Morgan fingerprint density at radius 1 is 1.07 bits per heavy atom. The summed E-state index contributed by atoms with van der Waals surface area (Å²) in [7, 11) is 0. The number of benzene rings is 2. The second-order valence-corrected chi connectivity index (χ2v) is 9.13. The molecule has 0 bridgehead atoms. The van der Waals surface area contributed by atoms with Crippen LogP contribution in [0, 0.1) is 0 Å². The van der Waals surface area contributed by atoms with Crippen LogP contribution in [0.3, 0.4) is 0 Å². The van der Waals surface area contributed by atoms with Crippen LogP contribution in [0.25, 0.3) is 17.1 Å². The van der Waals surface area contributed by atoms with Gasteiger partial charge in [-0.05, 0) is 43.9 Å². The Balaban J connectivity index is 1.47. The number of rotatable bonds is 9. The summed E-state index contributed by atoms with van der Waals surface area (Å²) in [6, 6.07) is 15.9. The van der Waals surface area contributed by atoms with Gasteiger partial charge in [-0.25, -0.2) is 0 Å². The zero-order valence-electron chi connectivity index (χ0n) is 16.4. The number of nitrogens with zero attached hydrogens (tertiary/aromatic N) is 3. The van der Waals surface area contributed by atoms with Gasteiger partial charge in [0.15, 0.2) is 11.0 Å². The van der Waals surface area contributed by atoms with Gasteiger partial charge in [-0.15, -0.1) is 10.2 Å². The Morgan fingerprint density at radius 3 is 2.60 bits per heavy atom. The topological polar surface area (TPSA) is 59.8 Å². The zero-order chi connectivity index (χ0) is 20.9. The van der Waals surface area contributed by atoms with E-state index in [1.807, 2.05) is 47.0 Å². The number of aromatic nitrogens is 3. The summed E-state index contributed by atoms with van der Waals surface area (Å²) in [5.74, 6) is 1.76. The number of hydrogen-bond donors (Lipinski definition) is 1. The van der Waals surface area contributed by atoms with Gasteiger partial charge in [0.1, 0.15) is 0 Å². The first-order chi connectivity index (χ1) is 14.6. The third-order valence-corrected chi connectivity index (χ3v) is 6.55. The van der Waals surface area contributed by atoms with E-state index in [0.29, 0.717) is 22.5 Å². The molecule has 1 fully saturated rings. The maximum Gasteiger partial charge on any atom is 0.220 e. The molecular formula is C22H22Cl2N4OS. The van der Waals surface area contributed by atoms with Crippen molar-refractivity contribution in [2.24, 2.45) is 0 Å². The second-order valence-electron chi connectivity index (χ2n) is 7.25. The molecular weight excluding hydrogens is 439 g/mol. The molecule has 0 unspecified atom stereocenters. The second kappa shape index (κ2) is 9.86. The van der Waals surface area contributed by atoms with E-state index < -0.39 is 0 Å². The van der Waals surface area contributed by atoms with Crippen LogP contribution in [-0.2, 0) is 4.79 Å². The average molecular weight is 461 g/mol. The fourth-order valence-corrected chi connectivity index (χ4v) is 4.32.